The van der Waals surface area contributed by atoms with Crippen LogP contribution in [0.25, 0.3) is 10.8 Å². The number of fused-ring (bicyclic) bond motifs is 1. The highest BCUT2D eigenvalue weighted by molar-refractivity contribution is 5.95. The van der Waals surface area contributed by atoms with E-state index in [0.29, 0.717) is 56.5 Å². The maximum atomic E-state index is 14.0. The lowest BCUT2D eigenvalue weighted by Crippen LogP contribution is -2.46. The van der Waals surface area contributed by atoms with E-state index in [0.717, 1.165) is 12.0 Å². The van der Waals surface area contributed by atoms with E-state index in [2.05, 4.69) is 35.6 Å². The number of rotatable bonds is 13. The van der Waals surface area contributed by atoms with Gasteiger partial charge in [-0.1, -0.05) is 36.4 Å². The summed E-state index contributed by atoms with van der Waals surface area (Å²) >= 11 is 0. The van der Waals surface area contributed by atoms with Gasteiger partial charge in [0.2, 0.25) is 0 Å². The van der Waals surface area contributed by atoms with Crippen molar-refractivity contribution in [3.05, 3.63) is 71.8 Å². The first-order chi connectivity index (χ1) is 21.5. The first kappa shape index (κ1) is 34.1. The second-order valence-electron chi connectivity index (χ2n) is 12.9. The summed E-state index contributed by atoms with van der Waals surface area (Å²) < 4.78 is 22.3. The number of nitrogens with one attached hydrogen (secondary N) is 1. The molecule has 1 heterocycles. The van der Waals surface area contributed by atoms with Crippen molar-refractivity contribution in [3.8, 4) is 11.5 Å². The van der Waals surface area contributed by atoms with E-state index in [1.165, 1.54) is 10.8 Å². The van der Waals surface area contributed by atoms with E-state index in [1.807, 2.05) is 51.7 Å². The average Bonchev–Trinajstić information content (AvgIpc) is 3.42. The number of benzene rings is 3. The first-order valence-electron chi connectivity index (χ1n) is 15.8. The molecule has 3 aromatic rings. The van der Waals surface area contributed by atoms with Crippen LogP contribution in [-0.4, -0.2) is 86.6 Å². The smallest absolute Gasteiger partial charge is 0.410 e. The molecule has 9 nitrogen and oxygen atoms in total. The Hall–Kier alpha value is -3.82. The monoisotopic (exact) mass is 619 g/mol. The average molecular weight is 620 g/mol. The van der Waals surface area contributed by atoms with Gasteiger partial charge in [0.15, 0.2) is 11.5 Å². The van der Waals surface area contributed by atoms with Crippen LogP contribution in [0.2, 0.25) is 0 Å². The van der Waals surface area contributed by atoms with Crippen LogP contribution in [0.5, 0.6) is 11.5 Å². The Kier molecular flexibility index (Phi) is 11.7. The van der Waals surface area contributed by atoms with Gasteiger partial charge >= 0.3 is 6.09 Å². The van der Waals surface area contributed by atoms with Crippen LogP contribution in [0.4, 0.5) is 4.79 Å². The molecule has 0 aliphatic carbocycles. The molecule has 1 fully saturated rings. The summed E-state index contributed by atoms with van der Waals surface area (Å²) in [5.41, 5.74) is 1.09. The Labute approximate surface area is 267 Å². The third kappa shape index (κ3) is 9.34. The molecule has 244 valence electrons. The van der Waals surface area contributed by atoms with Gasteiger partial charge in [-0.2, -0.15) is 0 Å². The van der Waals surface area contributed by atoms with Gasteiger partial charge in [0.05, 0.1) is 13.7 Å². The highest BCUT2D eigenvalue weighted by Crippen LogP contribution is 2.30. The Bertz CT molecular complexity index is 1440. The molecule has 1 aliphatic heterocycles. The molecule has 2 amide bonds. The van der Waals surface area contributed by atoms with Crippen LogP contribution in [0.15, 0.2) is 60.7 Å². The van der Waals surface area contributed by atoms with Gasteiger partial charge in [0.25, 0.3) is 5.91 Å². The zero-order valence-corrected chi connectivity index (χ0v) is 27.8. The summed E-state index contributed by atoms with van der Waals surface area (Å²) in [5.74, 6) is 0.989. The van der Waals surface area contributed by atoms with Gasteiger partial charge in [-0.25, -0.2) is 4.79 Å². The van der Waals surface area contributed by atoms with Crippen molar-refractivity contribution in [2.45, 2.75) is 65.3 Å². The fourth-order valence-electron chi connectivity index (χ4n) is 5.62. The lowest BCUT2D eigenvalue weighted by atomic mass is 10.0. The zero-order chi connectivity index (χ0) is 32.6. The third-order valence-corrected chi connectivity index (χ3v) is 7.95. The SMILES string of the molecule is COCCCOc1cc(C(=O)N(CC2CN(C(=O)OC(C)(C)C)CC2NCc2ccc3ccccc3c2)C(C)C)ccc1OC. The van der Waals surface area contributed by atoms with Gasteiger partial charge in [0, 0.05) is 69.9 Å². The van der Waals surface area contributed by atoms with Gasteiger partial charge < -0.3 is 34.1 Å². The third-order valence-electron chi connectivity index (χ3n) is 7.95. The van der Waals surface area contributed by atoms with Crippen LogP contribution in [-0.2, 0) is 16.0 Å². The van der Waals surface area contributed by atoms with E-state index < -0.39 is 5.60 Å². The Morgan fingerprint density at radius 2 is 1.71 bits per heavy atom. The highest BCUT2D eigenvalue weighted by atomic mass is 16.6. The maximum absolute atomic E-state index is 14.0. The predicted octanol–water partition coefficient (Wildman–Crippen LogP) is 6.14. The van der Waals surface area contributed by atoms with Crippen LogP contribution < -0.4 is 14.8 Å². The normalized spacial score (nSPS) is 16.7. The van der Waals surface area contributed by atoms with Crippen LogP contribution in [0.3, 0.4) is 0 Å². The lowest BCUT2D eigenvalue weighted by Gasteiger charge is -2.32. The number of hydrogen-bond donors (Lipinski definition) is 1. The van der Waals surface area contributed by atoms with Crippen molar-refractivity contribution in [2.75, 3.05) is 47.1 Å². The van der Waals surface area contributed by atoms with Crippen molar-refractivity contribution in [1.29, 1.82) is 0 Å². The van der Waals surface area contributed by atoms with Crippen molar-refractivity contribution in [3.63, 3.8) is 0 Å². The minimum atomic E-state index is -0.596. The fraction of sp³-hybridized carbons (Fsp3) is 0.500. The Morgan fingerprint density at radius 3 is 2.40 bits per heavy atom. The standard InChI is InChI=1S/C36H49N3O6/c1-25(2)39(34(40)29-15-16-32(43-7)33(20-29)44-18-10-17-42-6)23-30-22-38(35(41)45-36(3,4)5)24-31(30)37-21-26-13-14-27-11-8-9-12-28(27)19-26/h8-9,11-16,19-20,25,30-31,37H,10,17-18,21-24H2,1-7H3. The van der Waals surface area contributed by atoms with Crippen LogP contribution >= 0.6 is 0 Å². The second-order valence-corrected chi connectivity index (χ2v) is 12.9. The lowest BCUT2D eigenvalue weighted by molar-refractivity contribution is 0.0283. The molecule has 0 saturated carbocycles. The minimum Gasteiger partial charge on any atom is -0.493 e. The van der Waals surface area contributed by atoms with E-state index in [1.54, 1.807) is 37.3 Å². The number of carbonyl (C=O) groups is 2. The number of ether oxygens (including phenoxy) is 4. The number of likely N-dealkylation sites (tertiary alicyclic amines) is 1. The van der Waals surface area contributed by atoms with Gasteiger partial charge in [0.1, 0.15) is 5.60 Å². The van der Waals surface area contributed by atoms with Crippen molar-refractivity contribution in [2.24, 2.45) is 5.92 Å². The van der Waals surface area contributed by atoms with Crippen molar-refractivity contribution >= 4 is 22.8 Å². The van der Waals surface area contributed by atoms with E-state index in [9.17, 15) is 9.59 Å². The summed E-state index contributed by atoms with van der Waals surface area (Å²) in [7, 11) is 3.24. The molecule has 9 heteroatoms. The van der Waals surface area contributed by atoms with Gasteiger partial charge in [-0.15, -0.1) is 0 Å². The molecule has 0 aromatic heterocycles. The molecule has 4 rings (SSSR count). The number of methoxy groups -OCH3 is 2. The molecule has 2 atom stereocenters. The molecule has 0 spiro atoms. The molecule has 3 aromatic carbocycles. The predicted molar refractivity (Wildman–Crippen MR) is 177 cm³/mol. The molecule has 0 radical (unpaired) electrons. The topological polar surface area (TPSA) is 89.6 Å². The van der Waals surface area contributed by atoms with E-state index in [-0.39, 0.29) is 30.0 Å². The fourth-order valence-corrected chi connectivity index (χ4v) is 5.62. The molecule has 1 saturated heterocycles. The van der Waals surface area contributed by atoms with E-state index in [4.69, 9.17) is 18.9 Å². The quantitative estimate of drug-likeness (QED) is 0.230. The van der Waals surface area contributed by atoms with Gasteiger partial charge in [-0.3, -0.25) is 4.79 Å². The largest absolute Gasteiger partial charge is 0.493 e. The molecule has 0 bridgehead atoms. The minimum absolute atomic E-state index is 0.00710. The van der Waals surface area contributed by atoms with Crippen molar-refractivity contribution < 1.29 is 28.5 Å². The summed E-state index contributed by atoms with van der Waals surface area (Å²) in [4.78, 5) is 30.8. The van der Waals surface area contributed by atoms with Crippen LogP contribution in [0.1, 0.15) is 57.0 Å². The van der Waals surface area contributed by atoms with Crippen LogP contribution in [0, 0.1) is 5.92 Å². The summed E-state index contributed by atoms with van der Waals surface area (Å²) in [6.07, 6.45) is 0.384. The maximum Gasteiger partial charge on any atom is 0.410 e. The molecule has 2 unspecified atom stereocenters. The Morgan fingerprint density at radius 1 is 0.956 bits per heavy atom. The number of carbonyl (C=O) groups excluding carboxylic acids is 2. The summed E-state index contributed by atoms with van der Waals surface area (Å²) in [6, 6.07) is 20.0. The first-order valence-corrected chi connectivity index (χ1v) is 15.8. The second kappa shape index (κ2) is 15.5. The molecule has 1 N–H and O–H groups in total. The highest BCUT2D eigenvalue weighted by Gasteiger charge is 2.39. The number of amides is 2. The van der Waals surface area contributed by atoms with Crippen molar-refractivity contribution in [1.82, 2.24) is 15.1 Å². The number of nitrogens with zero attached hydrogens (tertiary/aromatic N) is 2. The zero-order valence-electron chi connectivity index (χ0n) is 27.8. The molecule has 1 aliphatic rings. The number of hydrogen-bond acceptors (Lipinski definition) is 7. The summed E-state index contributed by atoms with van der Waals surface area (Å²) in [5, 5.41) is 6.09. The van der Waals surface area contributed by atoms with Gasteiger partial charge in [-0.05, 0) is 75.2 Å². The molecule has 45 heavy (non-hydrogen) atoms. The summed E-state index contributed by atoms with van der Waals surface area (Å²) in [6.45, 7) is 12.8. The molecular formula is C36H49N3O6. The van der Waals surface area contributed by atoms with E-state index >= 15 is 0 Å². The Balaban J connectivity index is 1.53. The molecular weight excluding hydrogens is 570 g/mol.